The minimum Gasteiger partial charge on any atom is -0.481 e. The van der Waals surface area contributed by atoms with E-state index >= 15 is 0 Å². The molecule has 18 heavy (non-hydrogen) atoms. The van der Waals surface area contributed by atoms with Gasteiger partial charge in [-0.2, -0.15) is 0 Å². The van der Waals surface area contributed by atoms with E-state index in [1.165, 1.54) is 0 Å². The predicted octanol–water partition coefficient (Wildman–Crippen LogP) is 1.66. The Labute approximate surface area is 110 Å². The van der Waals surface area contributed by atoms with E-state index < -0.39 is 5.97 Å². The second-order valence-corrected chi connectivity index (χ2v) is 6.63. The third-order valence-electron chi connectivity index (χ3n) is 5.20. The van der Waals surface area contributed by atoms with Crippen molar-refractivity contribution < 1.29 is 9.90 Å². The molecule has 104 valence electrons. The third kappa shape index (κ3) is 2.28. The zero-order chi connectivity index (χ0) is 13.4. The summed E-state index contributed by atoms with van der Waals surface area (Å²) < 4.78 is 0. The van der Waals surface area contributed by atoms with Gasteiger partial charge in [-0.1, -0.05) is 20.3 Å². The van der Waals surface area contributed by atoms with Crippen molar-refractivity contribution in [2.24, 2.45) is 5.41 Å². The van der Waals surface area contributed by atoms with Gasteiger partial charge >= 0.3 is 5.97 Å². The predicted molar refractivity (Wildman–Crippen MR) is 71.7 cm³/mol. The monoisotopic (exact) mass is 254 g/mol. The molecular formula is C14H26N2O2. The van der Waals surface area contributed by atoms with Crippen LogP contribution in [0.1, 0.15) is 39.5 Å². The zero-order valence-electron chi connectivity index (χ0n) is 11.9. The molecule has 2 rings (SSSR count). The number of nitrogens with zero attached hydrogens (tertiary/aromatic N) is 2. The first kappa shape index (κ1) is 13.8. The Hall–Kier alpha value is -0.610. The van der Waals surface area contributed by atoms with Gasteiger partial charge in [0.15, 0.2) is 0 Å². The second kappa shape index (κ2) is 4.82. The van der Waals surface area contributed by atoms with Crippen LogP contribution in [0.3, 0.4) is 0 Å². The number of piperazine rings is 1. The highest BCUT2D eigenvalue weighted by molar-refractivity contribution is 5.68. The molecule has 1 atom stereocenters. The summed E-state index contributed by atoms with van der Waals surface area (Å²) in [5, 5.41) is 9.32. The maximum atomic E-state index is 11.3. The van der Waals surface area contributed by atoms with E-state index in [1.54, 1.807) is 0 Å². The van der Waals surface area contributed by atoms with E-state index in [1.807, 2.05) is 0 Å². The summed E-state index contributed by atoms with van der Waals surface area (Å²) in [6.45, 7) is 8.62. The van der Waals surface area contributed by atoms with Gasteiger partial charge in [-0.05, 0) is 25.3 Å². The first-order valence-corrected chi connectivity index (χ1v) is 7.03. The van der Waals surface area contributed by atoms with Crippen molar-refractivity contribution in [1.82, 2.24) is 9.80 Å². The van der Waals surface area contributed by atoms with Gasteiger partial charge in [0, 0.05) is 31.7 Å². The summed E-state index contributed by atoms with van der Waals surface area (Å²) in [4.78, 5) is 16.1. The number of rotatable bonds is 3. The minimum atomic E-state index is -0.649. The van der Waals surface area contributed by atoms with Crippen LogP contribution in [0.4, 0.5) is 0 Å². The molecule has 4 nitrogen and oxygen atoms in total. The van der Waals surface area contributed by atoms with Crippen LogP contribution in [0.15, 0.2) is 0 Å². The highest BCUT2D eigenvalue weighted by Crippen LogP contribution is 2.51. The zero-order valence-corrected chi connectivity index (χ0v) is 11.9. The number of carbonyl (C=O) groups is 1. The molecule has 0 aromatic heterocycles. The Kier molecular flexibility index (Phi) is 3.70. The number of carboxylic acid groups (broad SMARTS) is 1. The van der Waals surface area contributed by atoms with Crippen LogP contribution in [0.2, 0.25) is 0 Å². The molecule has 1 aliphatic heterocycles. The fourth-order valence-electron chi connectivity index (χ4n) is 3.90. The number of hydrogen-bond donors (Lipinski definition) is 1. The molecule has 0 amide bonds. The van der Waals surface area contributed by atoms with Crippen LogP contribution in [0.5, 0.6) is 0 Å². The lowest BCUT2D eigenvalue weighted by atomic mass is 9.71. The molecule has 2 aliphatic rings. The number of carboxylic acids is 1. The van der Waals surface area contributed by atoms with Gasteiger partial charge < -0.3 is 10.0 Å². The van der Waals surface area contributed by atoms with Crippen molar-refractivity contribution in [3.05, 3.63) is 0 Å². The molecule has 1 unspecified atom stereocenters. The fourth-order valence-corrected chi connectivity index (χ4v) is 3.90. The van der Waals surface area contributed by atoms with Gasteiger partial charge in [-0.15, -0.1) is 0 Å². The molecular weight excluding hydrogens is 228 g/mol. The van der Waals surface area contributed by atoms with Crippen LogP contribution in [0, 0.1) is 5.41 Å². The highest BCUT2D eigenvalue weighted by atomic mass is 16.4. The Morgan fingerprint density at radius 3 is 2.22 bits per heavy atom. The average Bonchev–Trinajstić information content (AvgIpc) is 2.55. The SMILES string of the molecule is CN1CCN(C2(CC(=O)O)CCCC2(C)C)CC1. The fraction of sp³-hybridized carbons (Fsp3) is 0.929. The van der Waals surface area contributed by atoms with Crippen molar-refractivity contribution in [3.63, 3.8) is 0 Å². The topological polar surface area (TPSA) is 43.8 Å². The van der Waals surface area contributed by atoms with Crippen molar-refractivity contribution >= 4 is 5.97 Å². The summed E-state index contributed by atoms with van der Waals surface area (Å²) in [6.07, 6.45) is 3.64. The van der Waals surface area contributed by atoms with E-state index in [2.05, 4.69) is 30.7 Å². The highest BCUT2D eigenvalue weighted by Gasteiger charge is 2.53. The molecule has 4 heteroatoms. The van der Waals surface area contributed by atoms with Crippen LogP contribution < -0.4 is 0 Å². The second-order valence-electron chi connectivity index (χ2n) is 6.63. The lowest BCUT2D eigenvalue weighted by Gasteiger charge is -2.51. The van der Waals surface area contributed by atoms with Gasteiger partial charge in [-0.3, -0.25) is 9.69 Å². The number of aliphatic carboxylic acids is 1. The van der Waals surface area contributed by atoms with E-state index in [-0.39, 0.29) is 11.0 Å². The molecule has 0 bridgehead atoms. The normalized spacial score (nSPS) is 33.7. The van der Waals surface area contributed by atoms with Gasteiger partial charge in [0.05, 0.1) is 6.42 Å². The molecule has 0 aromatic carbocycles. The Morgan fingerprint density at radius 2 is 1.78 bits per heavy atom. The Bertz CT molecular complexity index is 322. The molecule has 1 saturated carbocycles. The van der Waals surface area contributed by atoms with Crippen LogP contribution >= 0.6 is 0 Å². The standard InChI is InChI=1S/C14H26N2O2/c1-13(2)5-4-6-14(13,11-12(17)18)16-9-7-15(3)8-10-16/h4-11H2,1-3H3,(H,17,18). The third-order valence-corrected chi connectivity index (χ3v) is 5.20. The molecule has 1 heterocycles. The molecule has 1 aliphatic carbocycles. The summed E-state index contributed by atoms with van der Waals surface area (Å²) in [7, 11) is 2.14. The molecule has 0 spiro atoms. The van der Waals surface area contributed by atoms with Crippen molar-refractivity contribution in [2.45, 2.75) is 45.1 Å². The largest absolute Gasteiger partial charge is 0.481 e. The van der Waals surface area contributed by atoms with E-state index in [4.69, 9.17) is 0 Å². The van der Waals surface area contributed by atoms with Crippen LogP contribution in [-0.4, -0.2) is 59.6 Å². The maximum absolute atomic E-state index is 11.3. The number of likely N-dealkylation sites (N-methyl/N-ethyl adjacent to an activating group) is 1. The smallest absolute Gasteiger partial charge is 0.305 e. The van der Waals surface area contributed by atoms with Gasteiger partial charge in [0.2, 0.25) is 0 Å². The summed E-state index contributed by atoms with van der Waals surface area (Å²) in [6, 6.07) is 0. The minimum absolute atomic E-state index is 0.112. The first-order chi connectivity index (χ1) is 8.37. The van der Waals surface area contributed by atoms with Gasteiger partial charge in [0.1, 0.15) is 0 Å². The molecule has 0 radical (unpaired) electrons. The van der Waals surface area contributed by atoms with Crippen molar-refractivity contribution in [1.29, 1.82) is 0 Å². The Morgan fingerprint density at radius 1 is 1.17 bits per heavy atom. The lowest BCUT2D eigenvalue weighted by Crippen LogP contribution is -2.61. The molecule has 1 saturated heterocycles. The van der Waals surface area contributed by atoms with E-state index in [9.17, 15) is 9.90 Å². The first-order valence-electron chi connectivity index (χ1n) is 7.03. The summed E-state index contributed by atoms with van der Waals surface area (Å²) in [5.41, 5.74) is -0.0125. The van der Waals surface area contributed by atoms with Crippen molar-refractivity contribution in [3.8, 4) is 0 Å². The van der Waals surface area contributed by atoms with E-state index in [0.717, 1.165) is 45.4 Å². The molecule has 1 N–H and O–H groups in total. The molecule has 0 aromatic rings. The van der Waals surface area contributed by atoms with Crippen LogP contribution in [-0.2, 0) is 4.79 Å². The lowest BCUT2D eigenvalue weighted by molar-refractivity contribution is -0.144. The quantitative estimate of drug-likeness (QED) is 0.832. The summed E-state index contributed by atoms with van der Waals surface area (Å²) >= 11 is 0. The average molecular weight is 254 g/mol. The number of hydrogen-bond acceptors (Lipinski definition) is 3. The van der Waals surface area contributed by atoms with Gasteiger partial charge in [-0.25, -0.2) is 0 Å². The molecule has 2 fully saturated rings. The Balaban J connectivity index is 2.22. The van der Waals surface area contributed by atoms with E-state index in [0.29, 0.717) is 6.42 Å². The van der Waals surface area contributed by atoms with Gasteiger partial charge in [0.25, 0.3) is 0 Å². The van der Waals surface area contributed by atoms with Crippen molar-refractivity contribution in [2.75, 3.05) is 33.2 Å². The summed E-state index contributed by atoms with van der Waals surface area (Å²) in [5.74, 6) is -0.649. The van der Waals surface area contributed by atoms with Crippen LogP contribution in [0.25, 0.3) is 0 Å². The maximum Gasteiger partial charge on any atom is 0.305 e.